The van der Waals surface area contributed by atoms with E-state index in [4.69, 9.17) is 0 Å². The molecule has 0 fully saturated rings. The summed E-state index contributed by atoms with van der Waals surface area (Å²) in [5, 5.41) is 0. The van der Waals surface area contributed by atoms with Gasteiger partial charge < -0.3 is 0 Å². The van der Waals surface area contributed by atoms with Crippen LogP contribution < -0.4 is 0 Å². The minimum Gasteiger partial charge on any atom is -0.0623 e. The van der Waals surface area contributed by atoms with Gasteiger partial charge in [-0.15, -0.1) is 0 Å². The SMILES string of the molecule is c1cccccc2ccccccccccc-2cccc1. The Morgan fingerprint density at radius 2 is 0.409 bits per heavy atom. The molecule has 0 radical (unpaired) electrons. The number of hydrogen-bond acceptors (Lipinski definition) is 0. The lowest BCUT2D eigenvalue weighted by atomic mass is 10.1. The van der Waals surface area contributed by atoms with Crippen LogP contribution in [0.3, 0.4) is 0 Å². The summed E-state index contributed by atoms with van der Waals surface area (Å²) in [7, 11) is 0. The van der Waals surface area contributed by atoms with Gasteiger partial charge >= 0.3 is 0 Å². The summed E-state index contributed by atoms with van der Waals surface area (Å²) in [6.07, 6.45) is 0. The molecule has 2 aliphatic rings. The molecule has 0 unspecified atom stereocenters. The van der Waals surface area contributed by atoms with Gasteiger partial charge in [-0.25, -0.2) is 0 Å². The van der Waals surface area contributed by atoms with E-state index in [0.29, 0.717) is 0 Å². The molecule has 0 nitrogen and oxygen atoms in total. The van der Waals surface area contributed by atoms with E-state index in [0.717, 1.165) is 11.1 Å². The van der Waals surface area contributed by atoms with Crippen molar-refractivity contribution < 1.29 is 0 Å². The maximum absolute atomic E-state index is 2.12. The Morgan fingerprint density at radius 1 is 0.227 bits per heavy atom. The van der Waals surface area contributed by atoms with Crippen LogP contribution in [0.25, 0.3) is 11.1 Å². The fourth-order valence-electron chi connectivity index (χ4n) is 1.90. The third kappa shape index (κ3) is 6.06. The molecule has 0 saturated heterocycles. The summed E-state index contributed by atoms with van der Waals surface area (Å²) >= 11 is 0. The molecule has 0 aromatic carbocycles. The Kier molecular flexibility index (Phi) is 7.02. The lowest BCUT2D eigenvalue weighted by molar-refractivity contribution is 1.65. The average Bonchev–Trinajstić information content (AvgIpc) is 2.51. The second-order valence-electron chi connectivity index (χ2n) is 4.66. The molecule has 22 heavy (non-hydrogen) atoms. The third-order valence-corrected chi connectivity index (χ3v) is 2.99. The number of hydrogen-bond donors (Lipinski definition) is 0. The summed E-state index contributed by atoms with van der Waals surface area (Å²) in [6.45, 7) is 0. The Hall–Kier alpha value is -2.86. The van der Waals surface area contributed by atoms with Crippen molar-refractivity contribution >= 4 is 0 Å². The van der Waals surface area contributed by atoms with Crippen molar-refractivity contribution in [2.45, 2.75) is 0 Å². The molecular formula is C22H20. The van der Waals surface area contributed by atoms with Crippen LogP contribution in [0.15, 0.2) is 121 Å². The lowest BCUT2D eigenvalue weighted by Crippen LogP contribution is -1.70. The van der Waals surface area contributed by atoms with E-state index in [2.05, 4.69) is 48.5 Å². The van der Waals surface area contributed by atoms with Crippen LogP contribution in [0, 0.1) is 0 Å². The summed E-state index contributed by atoms with van der Waals surface area (Å²) in [5.41, 5.74) is 2.33. The third-order valence-electron chi connectivity index (χ3n) is 2.99. The molecule has 0 spiro atoms. The van der Waals surface area contributed by atoms with Gasteiger partial charge in [0.25, 0.3) is 0 Å². The van der Waals surface area contributed by atoms with Crippen molar-refractivity contribution in [1.29, 1.82) is 0 Å². The first-order valence-electron chi connectivity index (χ1n) is 7.40. The molecule has 0 amide bonds. The Labute approximate surface area is 133 Å². The van der Waals surface area contributed by atoms with Crippen molar-refractivity contribution in [3.8, 4) is 11.1 Å². The van der Waals surface area contributed by atoms with Crippen molar-refractivity contribution in [1.82, 2.24) is 0 Å². The largest absolute Gasteiger partial charge is 0.0623 e. The second kappa shape index (κ2) is 9.95. The van der Waals surface area contributed by atoms with Crippen LogP contribution >= 0.6 is 0 Å². The lowest BCUT2D eigenvalue weighted by Gasteiger charge is -1.95. The molecule has 0 heteroatoms. The molecule has 0 aromatic rings. The smallest absolute Gasteiger partial charge is 0.0184 e. The predicted octanol–water partition coefficient (Wildman–Crippen LogP) is 6.16. The van der Waals surface area contributed by atoms with Crippen molar-refractivity contribution in [2.24, 2.45) is 0 Å². The normalized spacial score (nSPS) is 8.91. The number of rotatable bonds is 0. The fourth-order valence-corrected chi connectivity index (χ4v) is 1.90. The van der Waals surface area contributed by atoms with Gasteiger partial charge in [-0.1, -0.05) is 121 Å². The predicted molar refractivity (Wildman–Crippen MR) is 95.9 cm³/mol. The number of fused-ring (bicyclic) bond motifs is 1. The van der Waals surface area contributed by atoms with Gasteiger partial charge in [0.2, 0.25) is 0 Å². The van der Waals surface area contributed by atoms with E-state index in [9.17, 15) is 0 Å². The first-order chi connectivity index (χ1) is 11.0. The fraction of sp³-hybridized carbons (Fsp3) is 0. The monoisotopic (exact) mass is 284 g/mol. The zero-order valence-corrected chi connectivity index (χ0v) is 12.5. The van der Waals surface area contributed by atoms with Crippen LogP contribution in [0.1, 0.15) is 0 Å². The molecular weight excluding hydrogens is 264 g/mol. The molecule has 0 atom stereocenters. The van der Waals surface area contributed by atoms with Gasteiger partial charge in [0.1, 0.15) is 0 Å². The molecule has 0 aromatic heterocycles. The first-order valence-corrected chi connectivity index (χ1v) is 7.40. The summed E-state index contributed by atoms with van der Waals surface area (Å²) in [5.74, 6) is 0. The van der Waals surface area contributed by atoms with E-state index >= 15 is 0 Å². The van der Waals surface area contributed by atoms with Crippen LogP contribution in [0.4, 0.5) is 0 Å². The molecule has 0 saturated carbocycles. The van der Waals surface area contributed by atoms with Gasteiger partial charge in [-0.3, -0.25) is 0 Å². The van der Waals surface area contributed by atoms with Gasteiger partial charge in [-0.05, 0) is 11.1 Å². The Balaban J connectivity index is 2.71. The van der Waals surface area contributed by atoms with Crippen LogP contribution in [-0.4, -0.2) is 0 Å². The second-order valence-corrected chi connectivity index (χ2v) is 4.66. The Morgan fingerprint density at radius 3 is 0.636 bits per heavy atom. The molecule has 2 aliphatic carbocycles. The minimum absolute atomic E-state index is 1.16. The highest BCUT2D eigenvalue weighted by Crippen LogP contribution is 2.14. The Bertz CT molecular complexity index is 592. The van der Waals surface area contributed by atoms with Crippen molar-refractivity contribution in [3.63, 3.8) is 0 Å². The van der Waals surface area contributed by atoms with Crippen molar-refractivity contribution in [2.75, 3.05) is 0 Å². The highest BCUT2D eigenvalue weighted by molar-refractivity contribution is 5.61. The van der Waals surface area contributed by atoms with Gasteiger partial charge in [0, 0.05) is 0 Å². The standard InChI is InChI=1S/C22H20/c1-2-6-10-14-18-22-20-16-12-8-4-3-7-11-15-19-21(22)17-13-9-5-1/h1-20H. The molecule has 0 bridgehead atoms. The van der Waals surface area contributed by atoms with Crippen molar-refractivity contribution in [3.05, 3.63) is 121 Å². The van der Waals surface area contributed by atoms with Crippen LogP contribution in [-0.2, 0) is 0 Å². The summed E-state index contributed by atoms with van der Waals surface area (Å²) in [4.78, 5) is 0. The van der Waals surface area contributed by atoms with Crippen LogP contribution in [0.2, 0.25) is 0 Å². The molecule has 2 rings (SSSR count). The summed E-state index contributed by atoms with van der Waals surface area (Å²) < 4.78 is 0. The maximum atomic E-state index is 2.12. The highest BCUT2D eigenvalue weighted by atomic mass is 13.9. The molecule has 0 heterocycles. The van der Waals surface area contributed by atoms with E-state index in [1.165, 1.54) is 0 Å². The zero-order chi connectivity index (χ0) is 15.3. The molecule has 0 N–H and O–H groups in total. The quantitative estimate of drug-likeness (QED) is 0.543. The van der Waals surface area contributed by atoms with E-state index < -0.39 is 0 Å². The topological polar surface area (TPSA) is 0 Å². The maximum Gasteiger partial charge on any atom is -0.0184 e. The van der Waals surface area contributed by atoms with Crippen LogP contribution in [0.5, 0.6) is 0 Å². The average molecular weight is 284 g/mol. The van der Waals surface area contributed by atoms with Gasteiger partial charge in [0.05, 0.1) is 0 Å². The van der Waals surface area contributed by atoms with E-state index in [1.807, 2.05) is 72.8 Å². The minimum atomic E-state index is 1.16. The zero-order valence-electron chi connectivity index (χ0n) is 12.5. The van der Waals surface area contributed by atoms with E-state index in [1.54, 1.807) is 0 Å². The van der Waals surface area contributed by atoms with Gasteiger partial charge in [-0.2, -0.15) is 0 Å². The van der Waals surface area contributed by atoms with E-state index in [-0.39, 0.29) is 0 Å². The first kappa shape index (κ1) is 15.5. The highest BCUT2D eigenvalue weighted by Gasteiger charge is 1.89. The summed E-state index contributed by atoms with van der Waals surface area (Å²) in [6, 6.07) is 41.0. The molecule has 0 aliphatic heterocycles. The molecule has 108 valence electrons. The van der Waals surface area contributed by atoms with Gasteiger partial charge in [0.15, 0.2) is 0 Å².